The summed E-state index contributed by atoms with van der Waals surface area (Å²) in [5, 5.41) is 23.8. The number of phenolic OH excluding ortho intramolecular Hbond substituents is 1. The lowest BCUT2D eigenvalue weighted by Gasteiger charge is -2.08. The number of phenols is 1. The fourth-order valence-electron chi connectivity index (χ4n) is 2.16. The summed E-state index contributed by atoms with van der Waals surface area (Å²) >= 11 is 6.04. The van der Waals surface area contributed by atoms with Crippen LogP contribution in [-0.2, 0) is 17.8 Å². The van der Waals surface area contributed by atoms with Crippen LogP contribution >= 0.6 is 11.6 Å². The number of hydrogen-bond acceptors (Lipinski definition) is 4. The third-order valence-corrected chi connectivity index (χ3v) is 4.03. The zero-order chi connectivity index (χ0) is 17.7. The molecule has 2 rings (SSSR count). The third-order valence-electron chi connectivity index (χ3n) is 3.63. The van der Waals surface area contributed by atoms with Gasteiger partial charge < -0.3 is 10.4 Å². The van der Waals surface area contributed by atoms with E-state index in [9.17, 15) is 20.0 Å². The van der Waals surface area contributed by atoms with Crippen LogP contribution in [0.5, 0.6) is 5.75 Å². The Hall–Kier alpha value is -2.60. The van der Waals surface area contributed by atoms with E-state index in [0.29, 0.717) is 17.0 Å². The second-order valence-electron chi connectivity index (χ2n) is 5.43. The molecule has 7 heteroatoms. The standard InChI is InChI=1S/C17H17ClN2O4/c1-11-2-3-12(8-15(11)18)4-7-17(22)19-10-13-9-14(20(23)24)5-6-16(13)21/h2-3,5-6,8-9,21H,4,7,10H2,1H3,(H,19,22). The van der Waals surface area contributed by atoms with Gasteiger partial charge in [0.05, 0.1) is 4.92 Å². The summed E-state index contributed by atoms with van der Waals surface area (Å²) in [7, 11) is 0. The first-order chi connectivity index (χ1) is 11.4. The minimum Gasteiger partial charge on any atom is -0.508 e. The summed E-state index contributed by atoms with van der Waals surface area (Å²) in [5.41, 5.74) is 2.10. The molecule has 0 aromatic heterocycles. The van der Waals surface area contributed by atoms with Crippen LogP contribution in [0.3, 0.4) is 0 Å². The molecule has 6 nitrogen and oxygen atoms in total. The molecule has 0 atom stereocenters. The molecule has 24 heavy (non-hydrogen) atoms. The number of non-ortho nitro benzene ring substituents is 1. The van der Waals surface area contributed by atoms with Crippen molar-refractivity contribution in [2.75, 3.05) is 0 Å². The Bertz CT molecular complexity index is 777. The number of nitro groups is 1. The Labute approximate surface area is 144 Å². The molecule has 0 spiro atoms. The molecular weight excluding hydrogens is 332 g/mol. The number of amides is 1. The Morgan fingerprint density at radius 1 is 1.29 bits per heavy atom. The highest BCUT2D eigenvalue weighted by molar-refractivity contribution is 6.31. The predicted octanol–water partition coefficient (Wildman–Crippen LogP) is 3.51. The molecule has 0 aliphatic heterocycles. The fourth-order valence-corrected chi connectivity index (χ4v) is 2.36. The summed E-state index contributed by atoms with van der Waals surface area (Å²) in [6.45, 7) is 1.94. The van der Waals surface area contributed by atoms with Gasteiger partial charge in [0.1, 0.15) is 5.75 Å². The van der Waals surface area contributed by atoms with E-state index in [1.807, 2.05) is 25.1 Å². The first kappa shape index (κ1) is 17.7. The molecular formula is C17H17ClN2O4. The average Bonchev–Trinajstić information content (AvgIpc) is 2.55. The van der Waals surface area contributed by atoms with Gasteiger partial charge in [-0.25, -0.2) is 0 Å². The monoisotopic (exact) mass is 348 g/mol. The average molecular weight is 349 g/mol. The van der Waals surface area contributed by atoms with Gasteiger partial charge in [-0.15, -0.1) is 0 Å². The summed E-state index contributed by atoms with van der Waals surface area (Å²) < 4.78 is 0. The van der Waals surface area contributed by atoms with Crippen LogP contribution in [0.2, 0.25) is 5.02 Å². The second-order valence-corrected chi connectivity index (χ2v) is 5.84. The second kappa shape index (κ2) is 7.79. The lowest BCUT2D eigenvalue weighted by Crippen LogP contribution is -2.23. The van der Waals surface area contributed by atoms with E-state index in [-0.39, 0.29) is 30.3 Å². The van der Waals surface area contributed by atoms with Crippen molar-refractivity contribution in [2.24, 2.45) is 0 Å². The number of rotatable bonds is 6. The minimum atomic E-state index is -0.550. The van der Waals surface area contributed by atoms with Gasteiger partial charge in [-0.1, -0.05) is 23.7 Å². The molecule has 0 saturated heterocycles. The maximum atomic E-state index is 11.9. The molecule has 2 aromatic rings. The number of halogens is 1. The Morgan fingerprint density at radius 2 is 2.04 bits per heavy atom. The Balaban J connectivity index is 1.90. The summed E-state index contributed by atoms with van der Waals surface area (Å²) in [5.74, 6) is -0.302. The van der Waals surface area contributed by atoms with Gasteiger partial charge in [0, 0.05) is 35.7 Å². The quantitative estimate of drug-likeness (QED) is 0.617. The maximum absolute atomic E-state index is 11.9. The van der Waals surface area contributed by atoms with Gasteiger partial charge in [-0.2, -0.15) is 0 Å². The van der Waals surface area contributed by atoms with Gasteiger partial charge in [0.15, 0.2) is 0 Å². The van der Waals surface area contributed by atoms with Crippen LogP contribution in [0.1, 0.15) is 23.1 Å². The summed E-state index contributed by atoms with van der Waals surface area (Å²) in [6.07, 6.45) is 0.793. The summed E-state index contributed by atoms with van der Waals surface area (Å²) in [6, 6.07) is 9.35. The molecule has 2 N–H and O–H groups in total. The number of nitrogens with zero attached hydrogens (tertiary/aromatic N) is 1. The van der Waals surface area contributed by atoms with E-state index in [0.717, 1.165) is 11.1 Å². The number of nitrogens with one attached hydrogen (secondary N) is 1. The number of carbonyl (C=O) groups excluding carboxylic acids is 1. The van der Waals surface area contributed by atoms with Crippen LogP contribution in [0, 0.1) is 17.0 Å². The van der Waals surface area contributed by atoms with Crippen LogP contribution in [0.15, 0.2) is 36.4 Å². The molecule has 0 unspecified atom stereocenters. The zero-order valence-corrected chi connectivity index (χ0v) is 13.8. The molecule has 0 aliphatic carbocycles. The number of hydrogen-bond donors (Lipinski definition) is 2. The normalized spacial score (nSPS) is 10.4. The van der Waals surface area contributed by atoms with Crippen LogP contribution in [0.4, 0.5) is 5.69 Å². The SMILES string of the molecule is Cc1ccc(CCC(=O)NCc2cc([N+](=O)[O-])ccc2O)cc1Cl. The first-order valence-electron chi connectivity index (χ1n) is 7.35. The van der Waals surface area contributed by atoms with E-state index in [1.54, 1.807) is 0 Å². The van der Waals surface area contributed by atoms with Crippen molar-refractivity contribution in [1.82, 2.24) is 5.32 Å². The van der Waals surface area contributed by atoms with Gasteiger partial charge in [-0.3, -0.25) is 14.9 Å². The molecule has 1 amide bonds. The topological polar surface area (TPSA) is 92.5 Å². The van der Waals surface area contributed by atoms with E-state index in [2.05, 4.69) is 5.32 Å². The highest BCUT2D eigenvalue weighted by Crippen LogP contribution is 2.22. The number of aromatic hydroxyl groups is 1. The van der Waals surface area contributed by atoms with Crippen LogP contribution < -0.4 is 5.32 Å². The van der Waals surface area contributed by atoms with Crippen molar-refractivity contribution in [3.63, 3.8) is 0 Å². The van der Waals surface area contributed by atoms with Gasteiger partial charge in [0.25, 0.3) is 5.69 Å². The molecule has 0 fully saturated rings. The highest BCUT2D eigenvalue weighted by atomic mass is 35.5. The number of benzene rings is 2. The van der Waals surface area contributed by atoms with Crippen LogP contribution in [0.25, 0.3) is 0 Å². The minimum absolute atomic E-state index is 0.0288. The van der Waals surface area contributed by atoms with E-state index < -0.39 is 4.92 Å². The molecule has 2 aromatic carbocycles. The smallest absolute Gasteiger partial charge is 0.270 e. The first-order valence-corrected chi connectivity index (χ1v) is 7.72. The Morgan fingerprint density at radius 3 is 2.71 bits per heavy atom. The Kier molecular flexibility index (Phi) is 5.76. The third kappa shape index (κ3) is 4.70. The molecule has 0 heterocycles. The van der Waals surface area contributed by atoms with E-state index in [1.165, 1.54) is 18.2 Å². The number of carbonyl (C=O) groups is 1. The highest BCUT2D eigenvalue weighted by Gasteiger charge is 2.11. The lowest BCUT2D eigenvalue weighted by molar-refractivity contribution is -0.384. The fraction of sp³-hybridized carbons (Fsp3) is 0.235. The molecule has 0 bridgehead atoms. The van der Waals surface area contributed by atoms with Gasteiger partial charge in [-0.05, 0) is 36.6 Å². The lowest BCUT2D eigenvalue weighted by atomic mass is 10.1. The van der Waals surface area contributed by atoms with Gasteiger partial charge >= 0.3 is 0 Å². The van der Waals surface area contributed by atoms with Crippen molar-refractivity contribution in [3.8, 4) is 5.75 Å². The predicted molar refractivity (Wildman–Crippen MR) is 91.1 cm³/mol. The molecule has 0 radical (unpaired) electrons. The van der Waals surface area contributed by atoms with Crippen molar-refractivity contribution < 1.29 is 14.8 Å². The van der Waals surface area contributed by atoms with Crippen LogP contribution in [-0.4, -0.2) is 15.9 Å². The molecule has 0 saturated carbocycles. The van der Waals surface area contributed by atoms with Crippen molar-refractivity contribution in [1.29, 1.82) is 0 Å². The number of aryl methyl sites for hydroxylation is 2. The van der Waals surface area contributed by atoms with Gasteiger partial charge in [0.2, 0.25) is 5.91 Å². The molecule has 126 valence electrons. The van der Waals surface area contributed by atoms with E-state index in [4.69, 9.17) is 11.6 Å². The van der Waals surface area contributed by atoms with Crippen molar-refractivity contribution >= 4 is 23.2 Å². The van der Waals surface area contributed by atoms with Crippen molar-refractivity contribution in [2.45, 2.75) is 26.3 Å². The van der Waals surface area contributed by atoms with Crippen molar-refractivity contribution in [3.05, 3.63) is 68.2 Å². The largest absolute Gasteiger partial charge is 0.508 e. The number of nitro benzene ring substituents is 1. The maximum Gasteiger partial charge on any atom is 0.270 e. The zero-order valence-electron chi connectivity index (χ0n) is 13.1. The van der Waals surface area contributed by atoms with E-state index >= 15 is 0 Å². The summed E-state index contributed by atoms with van der Waals surface area (Å²) in [4.78, 5) is 22.1. The molecule has 0 aliphatic rings.